The zero-order valence-electron chi connectivity index (χ0n) is 12.3. The minimum absolute atomic E-state index is 0.990. The SMILES string of the molecule is CC=CCc1ccc(-c2ccccc2)c(CC=CC)c1. The quantitative estimate of drug-likeness (QED) is 0.616. The Kier molecular flexibility index (Phi) is 5.37. The third kappa shape index (κ3) is 3.71. The maximum atomic E-state index is 2.34. The van der Waals surface area contributed by atoms with E-state index in [1.165, 1.54) is 22.3 Å². The maximum Gasteiger partial charge on any atom is -0.00913 e. The Morgan fingerprint density at radius 1 is 0.800 bits per heavy atom. The lowest BCUT2D eigenvalue weighted by atomic mass is 9.94. The van der Waals surface area contributed by atoms with Crippen molar-refractivity contribution in [1.82, 2.24) is 0 Å². The van der Waals surface area contributed by atoms with Gasteiger partial charge in [-0.25, -0.2) is 0 Å². The van der Waals surface area contributed by atoms with E-state index in [-0.39, 0.29) is 0 Å². The van der Waals surface area contributed by atoms with Crippen LogP contribution in [0.5, 0.6) is 0 Å². The van der Waals surface area contributed by atoms with Gasteiger partial charge in [-0.3, -0.25) is 0 Å². The summed E-state index contributed by atoms with van der Waals surface area (Å²) < 4.78 is 0. The number of hydrogen-bond acceptors (Lipinski definition) is 0. The Morgan fingerprint density at radius 2 is 1.50 bits per heavy atom. The summed E-state index contributed by atoms with van der Waals surface area (Å²) in [6, 6.07) is 17.5. The molecule has 0 heteroatoms. The molecule has 0 aromatic heterocycles. The molecule has 0 saturated carbocycles. The first-order valence-electron chi connectivity index (χ1n) is 7.24. The van der Waals surface area contributed by atoms with Crippen LogP contribution in [0.15, 0.2) is 72.8 Å². The van der Waals surface area contributed by atoms with Crippen molar-refractivity contribution in [3.8, 4) is 11.1 Å². The highest BCUT2D eigenvalue weighted by atomic mass is 14.1. The van der Waals surface area contributed by atoms with Crippen molar-refractivity contribution in [2.24, 2.45) is 0 Å². The summed E-state index contributed by atoms with van der Waals surface area (Å²) in [5.41, 5.74) is 5.41. The van der Waals surface area contributed by atoms with E-state index >= 15 is 0 Å². The van der Waals surface area contributed by atoms with Gasteiger partial charge in [0.2, 0.25) is 0 Å². The third-order valence-electron chi connectivity index (χ3n) is 3.42. The molecular formula is C20H22. The summed E-state index contributed by atoms with van der Waals surface area (Å²) in [5, 5.41) is 0. The molecule has 0 atom stereocenters. The first kappa shape index (κ1) is 14.3. The second-order valence-electron chi connectivity index (χ2n) is 4.90. The summed E-state index contributed by atoms with van der Waals surface area (Å²) >= 11 is 0. The predicted molar refractivity (Wildman–Crippen MR) is 88.9 cm³/mol. The van der Waals surface area contributed by atoms with E-state index in [0.29, 0.717) is 0 Å². The molecule has 0 saturated heterocycles. The van der Waals surface area contributed by atoms with Gasteiger partial charge in [0.15, 0.2) is 0 Å². The summed E-state index contributed by atoms with van der Waals surface area (Å²) in [5.74, 6) is 0. The van der Waals surface area contributed by atoms with Crippen molar-refractivity contribution in [1.29, 1.82) is 0 Å². The van der Waals surface area contributed by atoms with Crippen LogP contribution < -0.4 is 0 Å². The zero-order chi connectivity index (χ0) is 14.2. The summed E-state index contributed by atoms with van der Waals surface area (Å²) in [6.45, 7) is 4.14. The Morgan fingerprint density at radius 3 is 2.20 bits per heavy atom. The smallest absolute Gasteiger partial charge is 0.00913 e. The molecule has 2 aromatic carbocycles. The highest BCUT2D eigenvalue weighted by Crippen LogP contribution is 2.25. The third-order valence-corrected chi connectivity index (χ3v) is 3.42. The van der Waals surface area contributed by atoms with Crippen molar-refractivity contribution in [2.45, 2.75) is 26.7 Å². The van der Waals surface area contributed by atoms with Crippen LogP contribution in [0.3, 0.4) is 0 Å². The predicted octanol–water partition coefficient (Wildman–Crippen LogP) is 5.59. The van der Waals surface area contributed by atoms with Gasteiger partial charge in [0, 0.05) is 0 Å². The standard InChI is InChI=1S/C20H22/c1-3-5-10-17-14-15-20(18-12-8-7-9-13-18)19(16-17)11-6-4-2/h3-9,12-16H,10-11H2,1-2H3. The van der Waals surface area contributed by atoms with E-state index in [9.17, 15) is 0 Å². The summed E-state index contributed by atoms with van der Waals surface area (Å²) in [4.78, 5) is 0. The number of benzene rings is 2. The van der Waals surface area contributed by atoms with Gasteiger partial charge in [0.05, 0.1) is 0 Å². The lowest BCUT2D eigenvalue weighted by molar-refractivity contribution is 1.20. The molecule has 0 bridgehead atoms. The van der Waals surface area contributed by atoms with E-state index in [1.807, 2.05) is 0 Å². The second kappa shape index (κ2) is 7.49. The van der Waals surface area contributed by atoms with Gasteiger partial charge in [-0.2, -0.15) is 0 Å². The minimum atomic E-state index is 0.990. The van der Waals surface area contributed by atoms with Crippen molar-refractivity contribution in [2.75, 3.05) is 0 Å². The first-order valence-corrected chi connectivity index (χ1v) is 7.24. The number of allylic oxidation sites excluding steroid dienone is 4. The van der Waals surface area contributed by atoms with Crippen LogP contribution in [-0.2, 0) is 12.8 Å². The molecule has 0 amide bonds. The highest BCUT2D eigenvalue weighted by Gasteiger charge is 2.04. The average molecular weight is 262 g/mol. The molecule has 102 valence electrons. The van der Waals surface area contributed by atoms with Crippen LogP contribution >= 0.6 is 0 Å². The molecule has 0 heterocycles. The molecule has 0 radical (unpaired) electrons. The highest BCUT2D eigenvalue weighted by molar-refractivity contribution is 5.68. The largest absolute Gasteiger partial charge is 0.0913 e. The van der Waals surface area contributed by atoms with Gasteiger partial charge < -0.3 is 0 Å². The summed E-state index contributed by atoms with van der Waals surface area (Å²) in [6.07, 6.45) is 10.7. The summed E-state index contributed by atoms with van der Waals surface area (Å²) in [7, 11) is 0. The van der Waals surface area contributed by atoms with Crippen LogP contribution in [0.25, 0.3) is 11.1 Å². The molecule has 0 aliphatic heterocycles. The fraction of sp³-hybridized carbons (Fsp3) is 0.200. The van der Waals surface area contributed by atoms with Crippen molar-refractivity contribution in [3.63, 3.8) is 0 Å². The lowest BCUT2D eigenvalue weighted by Crippen LogP contribution is -1.92. The number of hydrogen-bond donors (Lipinski definition) is 0. The normalized spacial score (nSPS) is 11.5. The van der Waals surface area contributed by atoms with Crippen molar-refractivity contribution in [3.05, 3.63) is 84.0 Å². The van der Waals surface area contributed by atoms with E-state index in [1.54, 1.807) is 0 Å². The van der Waals surface area contributed by atoms with Gasteiger partial charge in [-0.05, 0) is 48.9 Å². The molecule has 0 N–H and O–H groups in total. The molecule has 0 aliphatic carbocycles. The van der Waals surface area contributed by atoms with Gasteiger partial charge in [0.1, 0.15) is 0 Å². The molecule has 2 rings (SSSR count). The van der Waals surface area contributed by atoms with Crippen LogP contribution in [0, 0.1) is 0 Å². The van der Waals surface area contributed by atoms with E-state index in [4.69, 9.17) is 0 Å². The van der Waals surface area contributed by atoms with Crippen LogP contribution in [0.2, 0.25) is 0 Å². The molecular weight excluding hydrogens is 240 g/mol. The van der Waals surface area contributed by atoms with Gasteiger partial charge in [-0.15, -0.1) is 0 Å². The minimum Gasteiger partial charge on any atom is -0.0913 e. The molecule has 0 nitrogen and oxygen atoms in total. The lowest BCUT2D eigenvalue weighted by Gasteiger charge is -2.10. The molecule has 2 aromatic rings. The van der Waals surface area contributed by atoms with Crippen molar-refractivity contribution < 1.29 is 0 Å². The molecule has 0 aliphatic rings. The molecule has 0 unspecified atom stereocenters. The van der Waals surface area contributed by atoms with Crippen LogP contribution in [0.1, 0.15) is 25.0 Å². The van der Waals surface area contributed by atoms with Crippen LogP contribution in [0.4, 0.5) is 0 Å². The monoisotopic (exact) mass is 262 g/mol. The molecule has 20 heavy (non-hydrogen) atoms. The fourth-order valence-corrected chi connectivity index (χ4v) is 2.34. The molecule has 0 spiro atoms. The first-order chi connectivity index (χ1) is 9.85. The number of rotatable bonds is 5. The Labute approximate surface area is 122 Å². The Hall–Kier alpha value is -2.08. The van der Waals surface area contributed by atoms with Gasteiger partial charge in [-0.1, -0.05) is 72.8 Å². The van der Waals surface area contributed by atoms with Crippen LogP contribution in [-0.4, -0.2) is 0 Å². The molecule has 0 fully saturated rings. The van der Waals surface area contributed by atoms with E-state index < -0.39 is 0 Å². The second-order valence-corrected chi connectivity index (χ2v) is 4.90. The van der Waals surface area contributed by atoms with Gasteiger partial charge in [0.25, 0.3) is 0 Å². The van der Waals surface area contributed by atoms with Crippen molar-refractivity contribution >= 4 is 0 Å². The van der Waals surface area contributed by atoms with Gasteiger partial charge >= 0.3 is 0 Å². The Balaban J connectivity index is 2.40. The zero-order valence-corrected chi connectivity index (χ0v) is 12.3. The average Bonchev–Trinajstić information content (AvgIpc) is 2.51. The van der Waals surface area contributed by atoms with E-state index in [0.717, 1.165) is 12.8 Å². The maximum absolute atomic E-state index is 2.34. The van der Waals surface area contributed by atoms with E-state index in [2.05, 4.69) is 86.7 Å². The fourth-order valence-electron chi connectivity index (χ4n) is 2.34. The topological polar surface area (TPSA) is 0 Å². The Bertz CT molecular complexity index is 589.